The summed E-state index contributed by atoms with van der Waals surface area (Å²) in [6.45, 7) is 1.35. The highest BCUT2D eigenvalue weighted by atomic mass is 35.5. The Hall–Kier alpha value is -2.77. The fourth-order valence-corrected chi connectivity index (χ4v) is 3.26. The molecular formula is C21H20ClNO6. The fourth-order valence-electron chi connectivity index (χ4n) is 3.04. The number of benzene rings is 2. The fraction of sp³-hybridized carbons (Fsp3) is 0.333. The third kappa shape index (κ3) is 4.16. The van der Waals surface area contributed by atoms with Crippen LogP contribution in [0.25, 0.3) is 0 Å². The minimum atomic E-state index is -1.13. The van der Waals surface area contributed by atoms with Crippen molar-refractivity contribution in [1.29, 1.82) is 0 Å². The van der Waals surface area contributed by atoms with E-state index in [0.29, 0.717) is 29.9 Å². The first-order valence-electron chi connectivity index (χ1n) is 9.34. The Labute approximate surface area is 172 Å². The molecular weight excluding hydrogens is 398 g/mol. The summed E-state index contributed by atoms with van der Waals surface area (Å²) in [6.07, 6.45) is 2.41. The average molecular weight is 418 g/mol. The maximum absolute atomic E-state index is 12.3. The lowest BCUT2D eigenvalue weighted by Gasteiger charge is -2.31. The van der Waals surface area contributed by atoms with Crippen molar-refractivity contribution in [1.82, 2.24) is 4.90 Å². The molecule has 2 aromatic carbocycles. The third-order valence-electron chi connectivity index (χ3n) is 5.11. The van der Waals surface area contributed by atoms with Crippen LogP contribution < -0.4 is 9.47 Å². The summed E-state index contributed by atoms with van der Waals surface area (Å²) in [5.41, 5.74) is -0.179. The first-order valence-corrected chi connectivity index (χ1v) is 9.72. The van der Waals surface area contributed by atoms with Crippen LogP contribution in [0.1, 0.15) is 40.0 Å². The first kappa shape index (κ1) is 19.5. The summed E-state index contributed by atoms with van der Waals surface area (Å²) < 4.78 is 11.6. The van der Waals surface area contributed by atoms with Crippen LogP contribution in [-0.2, 0) is 0 Å². The van der Waals surface area contributed by atoms with Gasteiger partial charge < -0.3 is 24.6 Å². The van der Waals surface area contributed by atoms with Gasteiger partial charge in [0, 0.05) is 24.7 Å². The van der Waals surface area contributed by atoms with E-state index in [9.17, 15) is 19.8 Å². The van der Waals surface area contributed by atoms with Crippen molar-refractivity contribution in [2.45, 2.75) is 24.9 Å². The number of aromatic carboxylic acids is 1. The number of halogens is 1. The number of nitrogens with zero attached hydrogens (tertiary/aromatic N) is 1. The second-order valence-corrected chi connectivity index (χ2v) is 7.74. The van der Waals surface area contributed by atoms with Gasteiger partial charge in [0.05, 0.1) is 17.2 Å². The highest BCUT2D eigenvalue weighted by molar-refractivity contribution is 6.32. The number of rotatable bonds is 7. The molecule has 2 fully saturated rings. The number of likely N-dealkylation sites (tertiary alicyclic amines) is 1. The number of carboxylic acid groups (broad SMARTS) is 1. The van der Waals surface area contributed by atoms with Crippen molar-refractivity contribution >= 4 is 23.5 Å². The number of ether oxygens (including phenoxy) is 2. The molecule has 29 heavy (non-hydrogen) atoms. The summed E-state index contributed by atoms with van der Waals surface area (Å²) in [6, 6.07) is 9.06. The number of aliphatic hydroxyl groups excluding tert-OH is 1. The minimum Gasteiger partial charge on any atom is -0.485 e. The van der Waals surface area contributed by atoms with Gasteiger partial charge >= 0.3 is 5.97 Å². The van der Waals surface area contributed by atoms with E-state index in [2.05, 4.69) is 0 Å². The van der Waals surface area contributed by atoms with Crippen LogP contribution in [0.4, 0.5) is 0 Å². The third-order valence-corrected chi connectivity index (χ3v) is 5.40. The summed E-state index contributed by atoms with van der Waals surface area (Å²) in [7, 11) is 0. The van der Waals surface area contributed by atoms with Crippen LogP contribution in [-0.4, -0.2) is 52.3 Å². The number of hydrogen-bond acceptors (Lipinski definition) is 5. The smallest absolute Gasteiger partial charge is 0.335 e. The van der Waals surface area contributed by atoms with Crippen molar-refractivity contribution in [3.63, 3.8) is 0 Å². The van der Waals surface area contributed by atoms with E-state index >= 15 is 0 Å². The van der Waals surface area contributed by atoms with E-state index in [-0.39, 0.29) is 28.8 Å². The molecule has 1 aliphatic carbocycles. The van der Waals surface area contributed by atoms with Crippen LogP contribution in [0.15, 0.2) is 36.4 Å². The van der Waals surface area contributed by atoms with Gasteiger partial charge in [-0.25, -0.2) is 4.79 Å². The van der Waals surface area contributed by atoms with Crippen LogP contribution in [0.2, 0.25) is 5.02 Å². The van der Waals surface area contributed by atoms with E-state index in [1.807, 2.05) is 0 Å². The molecule has 4 rings (SSSR count). The Morgan fingerprint density at radius 2 is 1.79 bits per heavy atom. The molecule has 7 nitrogen and oxygen atoms in total. The zero-order valence-corrected chi connectivity index (χ0v) is 16.3. The molecule has 1 heterocycles. The van der Waals surface area contributed by atoms with Crippen molar-refractivity contribution < 1.29 is 29.3 Å². The molecule has 152 valence electrons. The van der Waals surface area contributed by atoms with E-state index in [4.69, 9.17) is 21.1 Å². The molecule has 0 aromatic heterocycles. The van der Waals surface area contributed by atoms with Crippen LogP contribution in [0, 0.1) is 0 Å². The summed E-state index contributed by atoms with van der Waals surface area (Å²) in [5, 5.41) is 19.1. The molecule has 2 N–H and O–H groups in total. The van der Waals surface area contributed by atoms with Crippen LogP contribution in [0.5, 0.6) is 17.2 Å². The molecule has 0 unspecified atom stereocenters. The van der Waals surface area contributed by atoms with Gasteiger partial charge in [-0.15, -0.1) is 0 Å². The van der Waals surface area contributed by atoms with Gasteiger partial charge in [0.15, 0.2) is 0 Å². The van der Waals surface area contributed by atoms with Gasteiger partial charge in [-0.3, -0.25) is 4.79 Å². The summed E-state index contributed by atoms with van der Waals surface area (Å²) >= 11 is 6.29. The van der Waals surface area contributed by atoms with Crippen molar-refractivity contribution in [3.8, 4) is 17.2 Å². The lowest BCUT2D eigenvalue weighted by Crippen LogP contribution is -2.41. The number of carboxylic acids is 1. The zero-order chi connectivity index (χ0) is 20.6. The highest BCUT2D eigenvalue weighted by Crippen LogP contribution is 2.41. The molecule has 2 aliphatic rings. The van der Waals surface area contributed by atoms with Crippen molar-refractivity contribution in [3.05, 3.63) is 52.5 Å². The predicted molar refractivity (Wildman–Crippen MR) is 105 cm³/mol. The molecule has 1 saturated carbocycles. The van der Waals surface area contributed by atoms with E-state index in [1.165, 1.54) is 12.1 Å². The van der Waals surface area contributed by atoms with Crippen molar-refractivity contribution in [2.24, 2.45) is 0 Å². The zero-order valence-electron chi connectivity index (χ0n) is 15.6. The summed E-state index contributed by atoms with van der Waals surface area (Å²) in [5.74, 6) is -0.379. The normalized spacial score (nSPS) is 16.7. The second kappa shape index (κ2) is 7.57. The quantitative estimate of drug-likeness (QED) is 0.714. The number of carbonyl (C=O) groups is 2. The average Bonchev–Trinajstić information content (AvgIpc) is 3.41. The van der Waals surface area contributed by atoms with Gasteiger partial charge in [-0.1, -0.05) is 11.6 Å². The number of carbonyl (C=O) groups excluding carboxylic acids is 1. The molecule has 2 aromatic rings. The number of amides is 1. The molecule has 0 atom stereocenters. The van der Waals surface area contributed by atoms with E-state index < -0.39 is 11.6 Å². The van der Waals surface area contributed by atoms with E-state index in [0.717, 1.165) is 19.5 Å². The van der Waals surface area contributed by atoms with E-state index in [1.54, 1.807) is 29.2 Å². The Morgan fingerprint density at radius 1 is 1.07 bits per heavy atom. The Morgan fingerprint density at radius 3 is 2.34 bits per heavy atom. The molecule has 0 bridgehead atoms. The van der Waals surface area contributed by atoms with Crippen LogP contribution in [0.3, 0.4) is 0 Å². The summed E-state index contributed by atoms with van der Waals surface area (Å²) in [4.78, 5) is 25.5. The Kier molecular flexibility index (Phi) is 5.10. The lowest BCUT2D eigenvalue weighted by atomic mass is 10.1. The predicted octanol–water partition coefficient (Wildman–Crippen LogP) is 3.58. The van der Waals surface area contributed by atoms with Gasteiger partial charge in [-0.05, 0) is 49.6 Å². The van der Waals surface area contributed by atoms with Gasteiger partial charge in [0.2, 0.25) is 0 Å². The first-order chi connectivity index (χ1) is 13.9. The lowest BCUT2D eigenvalue weighted by molar-refractivity contribution is 0.0650. The standard InChI is InChI=1S/C21H20ClNO6/c22-17-10-13(19(25)23-6-1-7-23)2-3-18(17)28-15-8-14(20(26)27)9-16(11-15)29-21(12-24)4-5-21/h2-3,8-11,24H,1,4-7,12H2,(H,26,27). The molecule has 0 radical (unpaired) electrons. The molecule has 1 aliphatic heterocycles. The highest BCUT2D eigenvalue weighted by Gasteiger charge is 2.45. The Bertz CT molecular complexity index is 968. The Balaban J connectivity index is 1.57. The topological polar surface area (TPSA) is 96.3 Å². The molecule has 1 saturated heterocycles. The minimum absolute atomic E-state index is 0.00746. The van der Waals surface area contributed by atoms with Gasteiger partial charge in [-0.2, -0.15) is 0 Å². The second-order valence-electron chi connectivity index (χ2n) is 7.33. The van der Waals surface area contributed by atoms with Gasteiger partial charge in [0.1, 0.15) is 22.8 Å². The largest absolute Gasteiger partial charge is 0.485 e. The maximum Gasteiger partial charge on any atom is 0.335 e. The molecule has 8 heteroatoms. The SMILES string of the molecule is O=C(O)c1cc(Oc2ccc(C(=O)N3CCC3)cc2Cl)cc(OC2(CO)CC2)c1. The monoisotopic (exact) mass is 417 g/mol. The number of hydrogen-bond donors (Lipinski definition) is 2. The molecule has 0 spiro atoms. The maximum atomic E-state index is 12.3. The molecule has 1 amide bonds. The van der Waals surface area contributed by atoms with Crippen molar-refractivity contribution in [2.75, 3.05) is 19.7 Å². The number of aliphatic hydroxyl groups is 1. The van der Waals surface area contributed by atoms with Crippen LogP contribution >= 0.6 is 11.6 Å². The van der Waals surface area contributed by atoms with Gasteiger partial charge in [0.25, 0.3) is 5.91 Å².